The molecule has 3 aromatic heterocycles. The number of oxazole rings is 1. The molecule has 0 bridgehead atoms. The van der Waals surface area contributed by atoms with Crippen LogP contribution >= 0.6 is 22.9 Å². The fraction of sp³-hybridized carbons (Fsp3) is 0.0625. The number of hydrogen-bond donors (Lipinski definition) is 0. The normalized spacial score (nSPS) is 11.0. The molecule has 0 fully saturated rings. The molecule has 0 radical (unpaired) electrons. The zero-order chi connectivity index (χ0) is 16.5. The summed E-state index contributed by atoms with van der Waals surface area (Å²) < 4.78 is 11.7. The van der Waals surface area contributed by atoms with E-state index in [1.165, 1.54) is 22.2 Å². The van der Waals surface area contributed by atoms with Crippen molar-refractivity contribution >= 4 is 22.9 Å². The van der Waals surface area contributed by atoms with Crippen LogP contribution in [-0.2, 0) is 6.54 Å². The Morgan fingerprint density at radius 1 is 1.21 bits per heavy atom. The zero-order valence-corrected chi connectivity index (χ0v) is 13.8. The zero-order valence-electron chi connectivity index (χ0n) is 12.2. The summed E-state index contributed by atoms with van der Waals surface area (Å²) in [6.45, 7) is 0.215. The van der Waals surface area contributed by atoms with Crippen LogP contribution in [-0.4, -0.2) is 14.7 Å². The minimum atomic E-state index is -0.533. The van der Waals surface area contributed by atoms with Crippen molar-refractivity contribution in [2.24, 2.45) is 0 Å². The molecular weight excluding hydrogens is 350 g/mol. The Balaban J connectivity index is 1.64. The van der Waals surface area contributed by atoms with E-state index in [0.717, 1.165) is 10.4 Å². The van der Waals surface area contributed by atoms with Crippen LogP contribution in [0, 0.1) is 0 Å². The first kappa shape index (κ1) is 14.9. The van der Waals surface area contributed by atoms with Crippen molar-refractivity contribution in [2.75, 3.05) is 0 Å². The predicted molar refractivity (Wildman–Crippen MR) is 90.1 cm³/mol. The maximum absolute atomic E-state index is 11.9. The molecule has 0 spiro atoms. The van der Waals surface area contributed by atoms with E-state index in [-0.39, 0.29) is 6.54 Å². The second-order valence-corrected chi connectivity index (χ2v) is 6.37. The Labute approximate surface area is 144 Å². The second-order valence-electron chi connectivity index (χ2n) is 4.99. The number of thiophene rings is 1. The molecule has 0 saturated carbocycles. The molecular formula is C16H10ClN3O3S. The summed E-state index contributed by atoms with van der Waals surface area (Å²) in [6, 6.07) is 10.9. The smallest absolute Gasteiger partial charge is 0.442 e. The van der Waals surface area contributed by atoms with Crippen molar-refractivity contribution in [3.8, 4) is 22.2 Å². The Kier molecular flexibility index (Phi) is 3.79. The van der Waals surface area contributed by atoms with Crippen molar-refractivity contribution in [2.45, 2.75) is 6.54 Å². The Morgan fingerprint density at radius 3 is 2.79 bits per heavy atom. The molecule has 3 heterocycles. The van der Waals surface area contributed by atoms with E-state index in [0.29, 0.717) is 22.4 Å². The van der Waals surface area contributed by atoms with Gasteiger partial charge in [-0.05, 0) is 35.7 Å². The van der Waals surface area contributed by atoms with Crippen LogP contribution in [0.15, 0.2) is 61.8 Å². The molecule has 4 rings (SSSR count). The van der Waals surface area contributed by atoms with Crippen LogP contribution in [0.4, 0.5) is 0 Å². The molecule has 0 unspecified atom stereocenters. The summed E-state index contributed by atoms with van der Waals surface area (Å²) in [4.78, 5) is 17.2. The average molecular weight is 360 g/mol. The van der Waals surface area contributed by atoms with Crippen molar-refractivity contribution in [3.05, 3.63) is 69.3 Å². The molecule has 8 heteroatoms. The van der Waals surface area contributed by atoms with E-state index in [1.54, 1.807) is 12.1 Å². The number of aromatic nitrogens is 3. The monoisotopic (exact) mass is 359 g/mol. The third kappa shape index (κ3) is 2.79. The number of hydrogen-bond acceptors (Lipinski definition) is 6. The number of benzene rings is 1. The first-order valence-electron chi connectivity index (χ1n) is 7.01. The van der Waals surface area contributed by atoms with E-state index >= 15 is 0 Å². The third-order valence-electron chi connectivity index (χ3n) is 3.39. The van der Waals surface area contributed by atoms with E-state index < -0.39 is 5.76 Å². The molecule has 0 amide bonds. The molecule has 6 nitrogen and oxygen atoms in total. The summed E-state index contributed by atoms with van der Waals surface area (Å²) in [5.41, 5.74) is 1.41. The SMILES string of the molecule is O=c1onc(-c2cccs2)n1Cc1coc(-c2ccc(Cl)cc2)n1. The van der Waals surface area contributed by atoms with Gasteiger partial charge in [0, 0.05) is 10.6 Å². The van der Waals surface area contributed by atoms with E-state index in [9.17, 15) is 4.79 Å². The van der Waals surface area contributed by atoms with Gasteiger partial charge in [0.05, 0.1) is 17.1 Å². The number of nitrogens with zero attached hydrogens (tertiary/aromatic N) is 3. The highest BCUT2D eigenvalue weighted by atomic mass is 35.5. The predicted octanol–water partition coefficient (Wildman–Crippen LogP) is 3.92. The van der Waals surface area contributed by atoms with Crippen molar-refractivity contribution in [1.29, 1.82) is 0 Å². The van der Waals surface area contributed by atoms with Gasteiger partial charge in [-0.25, -0.2) is 14.3 Å². The summed E-state index contributed by atoms with van der Waals surface area (Å²) in [7, 11) is 0. The van der Waals surface area contributed by atoms with Crippen molar-refractivity contribution < 1.29 is 8.94 Å². The van der Waals surface area contributed by atoms with E-state index in [2.05, 4.69) is 10.1 Å². The lowest BCUT2D eigenvalue weighted by molar-refractivity contribution is 0.378. The van der Waals surface area contributed by atoms with Gasteiger partial charge >= 0.3 is 5.76 Å². The van der Waals surface area contributed by atoms with Crippen LogP contribution < -0.4 is 5.76 Å². The lowest BCUT2D eigenvalue weighted by atomic mass is 10.2. The number of rotatable bonds is 4. The summed E-state index contributed by atoms with van der Waals surface area (Å²) in [6.07, 6.45) is 1.52. The first-order valence-corrected chi connectivity index (χ1v) is 8.27. The Morgan fingerprint density at radius 2 is 2.04 bits per heavy atom. The fourth-order valence-electron chi connectivity index (χ4n) is 2.26. The van der Waals surface area contributed by atoms with Gasteiger partial charge < -0.3 is 4.42 Å². The highest BCUT2D eigenvalue weighted by Crippen LogP contribution is 2.24. The maximum Gasteiger partial charge on any atom is 0.442 e. The van der Waals surface area contributed by atoms with Gasteiger partial charge in [-0.2, -0.15) is 0 Å². The molecule has 1 aromatic carbocycles. The first-order chi connectivity index (χ1) is 11.7. The average Bonchev–Trinajstić information content (AvgIpc) is 3.31. The standard InChI is InChI=1S/C16H10ClN3O3S/c17-11-5-3-10(4-6-11)15-18-12(9-22-15)8-20-14(19-23-16(20)21)13-2-1-7-24-13/h1-7,9H,8H2. The quantitative estimate of drug-likeness (QED) is 0.552. The highest BCUT2D eigenvalue weighted by Gasteiger charge is 2.16. The van der Waals surface area contributed by atoms with Gasteiger partial charge in [0.25, 0.3) is 0 Å². The van der Waals surface area contributed by atoms with E-state index in [1.807, 2.05) is 29.6 Å². The molecule has 24 heavy (non-hydrogen) atoms. The van der Waals surface area contributed by atoms with Crippen LogP contribution in [0.1, 0.15) is 5.69 Å². The molecule has 0 aliphatic carbocycles. The molecule has 0 aliphatic rings. The Hall–Kier alpha value is -2.64. The van der Waals surface area contributed by atoms with Crippen LogP contribution in [0.5, 0.6) is 0 Å². The fourth-order valence-corrected chi connectivity index (χ4v) is 3.10. The van der Waals surface area contributed by atoms with Crippen LogP contribution in [0.25, 0.3) is 22.2 Å². The molecule has 120 valence electrons. The lowest BCUT2D eigenvalue weighted by Gasteiger charge is -1.99. The van der Waals surface area contributed by atoms with Crippen LogP contribution in [0.3, 0.4) is 0 Å². The molecule has 0 aliphatic heterocycles. The lowest BCUT2D eigenvalue weighted by Crippen LogP contribution is -2.16. The molecule has 4 aromatic rings. The van der Waals surface area contributed by atoms with Gasteiger partial charge in [0.2, 0.25) is 5.89 Å². The van der Waals surface area contributed by atoms with Gasteiger partial charge in [-0.15, -0.1) is 11.3 Å². The molecule has 0 atom stereocenters. The van der Waals surface area contributed by atoms with Gasteiger partial charge in [-0.1, -0.05) is 22.8 Å². The largest absolute Gasteiger partial charge is 0.444 e. The number of halogens is 1. The van der Waals surface area contributed by atoms with Crippen molar-refractivity contribution in [3.63, 3.8) is 0 Å². The highest BCUT2D eigenvalue weighted by molar-refractivity contribution is 7.13. The minimum absolute atomic E-state index is 0.215. The molecule has 0 saturated heterocycles. The summed E-state index contributed by atoms with van der Waals surface area (Å²) >= 11 is 7.36. The molecule has 0 N–H and O–H groups in total. The van der Waals surface area contributed by atoms with Crippen molar-refractivity contribution in [1.82, 2.24) is 14.7 Å². The second kappa shape index (κ2) is 6.10. The Bertz CT molecular complexity index is 1020. The van der Waals surface area contributed by atoms with E-state index in [4.69, 9.17) is 20.5 Å². The summed E-state index contributed by atoms with van der Waals surface area (Å²) in [5.74, 6) is 0.407. The minimum Gasteiger partial charge on any atom is -0.444 e. The third-order valence-corrected chi connectivity index (χ3v) is 4.51. The van der Waals surface area contributed by atoms with Gasteiger partial charge in [-0.3, -0.25) is 4.52 Å². The summed E-state index contributed by atoms with van der Waals surface area (Å²) in [5, 5.41) is 6.39. The topological polar surface area (TPSA) is 74.1 Å². The maximum atomic E-state index is 11.9. The van der Waals surface area contributed by atoms with Crippen LogP contribution in [0.2, 0.25) is 5.02 Å². The van der Waals surface area contributed by atoms with Gasteiger partial charge in [0.1, 0.15) is 6.26 Å². The van der Waals surface area contributed by atoms with Gasteiger partial charge in [0.15, 0.2) is 5.82 Å².